The van der Waals surface area contributed by atoms with Gasteiger partial charge in [0.05, 0.1) is 5.69 Å². The van der Waals surface area contributed by atoms with Crippen molar-refractivity contribution in [3.63, 3.8) is 0 Å². The molecule has 2 rings (SSSR count). The number of phenols is 1. The third-order valence-corrected chi connectivity index (χ3v) is 2.08. The first-order chi connectivity index (χ1) is 8.06. The van der Waals surface area contributed by atoms with Crippen LogP contribution in [0.4, 0.5) is 0 Å². The van der Waals surface area contributed by atoms with Crippen molar-refractivity contribution in [1.82, 2.24) is 14.8 Å². The van der Waals surface area contributed by atoms with E-state index in [4.69, 9.17) is 10.2 Å². The molecule has 0 spiro atoms. The number of carboxylic acids is 1. The molecule has 7 nitrogen and oxygen atoms in total. The molecule has 0 aliphatic carbocycles. The molecular weight excluding hydrogens is 226 g/mol. The second kappa shape index (κ2) is 4.12. The molecule has 0 aliphatic rings. The van der Waals surface area contributed by atoms with Gasteiger partial charge >= 0.3 is 11.7 Å². The number of hydrogen-bond acceptors (Lipinski definition) is 4. The Kier molecular flexibility index (Phi) is 2.65. The summed E-state index contributed by atoms with van der Waals surface area (Å²) < 4.78 is 1.04. The summed E-state index contributed by atoms with van der Waals surface area (Å²) in [6, 6.07) is 5.82. The van der Waals surface area contributed by atoms with Gasteiger partial charge in [0.1, 0.15) is 18.0 Å². The van der Waals surface area contributed by atoms with Crippen LogP contribution in [0.15, 0.2) is 29.1 Å². The van der Waals surface area contributed by atoms with Crippen molar-refractivity contribution in [3.8, 4) is 11.4 Å². The normalized spacial score (nSPS) is 10.4. The number of phenolic OH excluding ortho intramolecular Hbond substituents is 1. The van der Waals surface area contributed by atoms with Crippen molar-refractivity contribution in [2.45, 2.75) is 6.42 Å². The second-order valence-electron chi connectivity index (χ2n) is 3.38. The third-order valence-electron chi connectivity index (χ3n) is 2.08. The van der Waals surface area contributed by atoms with Gasteiger partial charge in [0, 0.05) is 0 Å². The predicted octanol–water partition coefficient (Wildman–Crippen LogP) is -0.107. The second-order valence-corrected chi connectivity index (χ2v) is 3.38. The quantitative estimate of drug-likeness (QED) is 0.688. The minimum atomic E-state index is -1.07. The summed E-state index contributed by atoms with van der Waals surface area (Å²) in [5, 5.41) is 21.5. The van der Waals surface area contributed by atoms with Crippen LogP contribution in [0.2, 0.25) is 0 Å². The highest BCUT2D eigenvalue weighted by molar-refractivity contribution is 5.68. The maximum atomic E-state index is 11.5. The molecule has 0 saturated heterocycles. The lowest BCUT2D eigenvalue weighted by molar-refractivity contribution is -0.136. The molecule has 0 fully saturated rings. The Bertz CT molecular complexity index is 597. The number of aromatic hydroxyl groups is 1. The van der Waals surface area contributed by atoms with Crippen LogP contribution in [-0.2, 0) is 11.2 Å². The van der Waals surface area contributed by atoms with Gasteiger partial charge < -0.3 is 10.2 Å². The molecule has 1 aromatic carbocycles. The van der Waals surface area contributed by atoms with Gasteiger partial charge in [-0.3, -0.25) is 9.78 Å². The van der Waals surface area contributed by atoms with E-state index in [0.29, 0.717) is 5.69 Å². The molecule has 0 aliphatic heterocycles. The molecule has 88 valence electrons. The first kappa shape index (κ1) is 10.9. The molecule has 1 heterocycles. The fourth-order valence-corrected chi connectivity index (χ4v) is 1.36. The summed E-state index contributed by atoms with van der Waals surface area (Å²) in [5.41, 5.74) is -0.0763. The highest BCUT2D eigenvalue weighted by atomic mass is 16.4. The van der Waals surface area contributed by atoms with E-state index in [1.807, 2.05) is 0 Å². The van der Waals surface area contributed by atoms with Crippen LogP contribution in [0.25, 0.3) is 5.69 Å². The average molecular weight is 235 g/mol. The SMILES string of the molecule is O=C(O)Cc1nn(-c2ccc(O)cc2)c(=O)[nH]1. The molecule has 17 heavy (non-hydrogen) atoms. The Morgan fingerprint density at radius 3 is 2.59 bits per heavy atom. The highest BCUT2D eigenvalue weighted by Gasteiger charge is 2.09. The number of aliphatic carboxylic acids is 1. The maximum Gasteiger partial charge on any atom is 0.348 e. The summed E-state index contributed by atoms with van der Waals surface area (Å²) >= 11 is 0. The summed E-state index contributed by atoms with van der Waals surface area (Å²) in [7, 11) is 0. The molecule has 0 amide bonds. The topological polar surface area (TPSA) is 108 Å². The summed E-state index contributed by atoms with van der Waals surface area (Å²) in [6.07, 6.45) is -0.347. The number of aromatic nitrogens is 3. The smallest absolute Gasteiger partial charge is 0.348 e. The minimum Gasteiger partial charge on any atom is -0.508 e. The number of benzene rings is 1. The largest absolute Gasteiger partial charge is 0.508 e. The van der Waals surface area contributed by atoms with Crippen LogP contribution in [0, 0.1) is 0 Å². The first-order valence-corrected chi connectivity index (χ1v) is 4.75. The van der Waals surface area contributed by atoms with E-state index in [9.17, 15) is 9.59 Å². The van der Waals surface area contributed by atoms with Crippen molar-refractivity contribution in [3.05, 3.63) is 40.6 Å². The molecule has 0 bridgehead atoms. The zero-order valence-corrected chi connectivity index (χ0v) is 8.62. The Morgan fingerprint density at radius 1 is 1.35 bits per heavy atom. The standard InChI is InChI=1S/C10H9N3O4/c14-7-3-1-6(2-4-7)13-10(17)11-8(12-13)5-9(15)16/h1-4,14H,5H2,(H,15,16)(H,11,12,17). The number of hydrogen-bond donors (Lipinski definition) is 3. The molecule has 7 heteroatoms. The zero-order chi connectivity index (χ0) is 12.4. The fraction of sp³-hybridized carbons (Fsp3) is 0.100. The third kappa shape index (κ3) is 2.33. The van der Waals surface area contributed by atoms with Crippen LogP contribution in [0.1, 0.15) is 5.82 Å². The van der Waals surface area contributed by atoms with Gasteiger partial charge in [0.2, 0.25) is 0 Å². The van der Waals surface area contributed by atoms with E-state index in [-0.39, 0.29) is 18.0 Å². The molecule has 3 N–H and O–H groups in total. The van der Waals surface area contributed by atoms with E-state index in [1.54, 1.807) is 0 Å². The number of H-pyrrole nitrogens is 1. The van der Waals surface area contributed by atoms with Gasteiger partial charge in [-0.15, -0.1) is 5.10 Å². The average Bonchev–Trinajstić information content (AvgIpc) is 2.59. The van der Waals surface area contributed by atoms with Crippen molar-refractivity contribution in [2.24, 2.45) is 0 Å². The van der Waals surface area contributed by atoms with Crippen molar-refractivity contribution in [1.29, 1.82) is 0 Å². The van der Waals surface area contributed by atoms with E-state index >= 15 is 0 Å². The lowest BCUT2D eigenvalue weighted by Crippen LogP contribution is -2.15. The molecule has 2 aromatic rings. The number of aromatic amines is 1. The molecule has 0 atom stereocenters. The molecule has 0 radical (unpaired) electrons. The summed E-state index contributed by atoms with van der Waals surface area (Å²) in [5.74, 6) is -0.921. The minimum absolute atomic E-state index is 0.0723. The molecule has 0 unspecified atom stereocenters. The van der Waals surface area contributed by atoms with E-state index in [2.05, 4.69) is 10.1 Å². The molecule has 0 saturated carbocycles. The number of carbonyl (C=O) groups is 1. The maximum absolute atomic E-state index is 11.5. The molecular formula is C10H9N3O4. The number of nitrogens with one attached hydrogen (secondary N) is 1. The monoisotopic (exact) mass is 235 g/mol. The van der Waals surface area contributed by atoms with Crippen molar-refractivity contribution >= 4 is 5.97 Å². The van der Waals surface area contributed by atoms with Crippen LogP contribution < -0.4 is 5.69 Å². The van der Waals surface area contributed by atoms with Gasteiger partial charge in [-0.25, -0.2) is 4.79 Å². The lowest BCUT2D eigenvalue weighted by Gasteiger charge is -1.98. The summed E-state index contributed by atoms with van der Waals surface area (Å²) in [4.78, 5) is 24.3. The predicted molar refractivity (Wildman–Crippen MR) is 57.2 cm³/mol. The zero-order valence-electron chi connectivity index (χ0n) is 8.62. The van der Waals surface area contributed by atoms with Crippen LogP contribution in [0.3, 0.4) is 0 Å². The number of nitrogens with zero attached hydrogens (tertiary/aromatic N) is 2. The van der Waals surface area contributed by atoms with Gasteiger partial charge in [-0.05, 0) is 24.3 Å². The van der Waals surface area contributed by atoms with Gasteiger partial charge in [0.15, 0.2) is 0 Å². The van der Waals surface area contributed by atoms with Gasteiger partial charge in [-0.1, -0.05) is 0 Å². The number of carboxylic acid groups (broad SMARTS) is 1. The Hall–Kier alpha value is -2.57. The van der Waals surface area contributed by atoms with Crippen LogP contribution in [0.5, 0.6) is 5.75 Å². The van der Waals surface area contributed by atoms with Crippen molar-refractivity contribution in [2.75, 3.05) is 0 Å². The Balaban J connectivity index is 2.39. The van der Waals surface area contributed by atoms with Gasteiger partial charge in [0.25, 0.3) is 0 Å². The van der Waals surface area contributed by atoms with Crippen LogP contribution >= 0.6 is 0 Å². The van der Waals surface area contributed by atoms with E-state index < -0.39 is 11.7 Å². The van der Waals surface area contributed by atoms with E-state index in [0.717, 1.165) is 4.68 Å². The fourth-order valence-electron chi connectivity index (χ4n) is 1.36. The first-order valence-electron chi connectivity index (χ1n) is 4.75. The number of rotatable bonds is 3. The Labute approximate surface area is 95.0 Å². The lowest BCUT2D eigenvalue weighted by atomic mass is 10.3. The van der Waals surface area contributed by atoms with Crippen LogP contribution in [-0.4, -0.2) is 30.9 Å². The summed E-state index contributed by atoms with van der Waals surface area (Å²) in [6.45, 7) is 0. The van der Waals surface area contributed by atoms with Crippen molar-refractivity contribution < 1.29 is 15.0 Å². The van der Waals surface area contributed by atoms with Gasteiger partial charge in [-0.2, -0.15) is 4.68 Å². The van der Waals surface area contributed by atoms with E-state index in [1.165, 1.54) is 24.3 Å². The molecule has 1 aromatic heterocycles. The highest BCUT2D eigenvalue weighted by Crippen LogP contribution is 2.11. The Morgan fingerprint density at radius 2 is 2.00 bits per heavy atom.